The average Bonchev–Trinajstić information content (AvgIpc) is 4.00. The number of hydrogen-bond acceptors (Lipinski definition) is 11. The number of fused-ring (bicyclic) bond motifs is 2. The number of nitrogens with zero attached hydrogens (tertiary/aromatic N) is 1. The number of nitrogens with one attached hydrogen (secondary N) is 3. The van der Waals surface area contributed by atoms with E-state index in [4.69, 9.17) is 25.6 Å². The maximum Gasteiger partial charge on any atom is 0.491 e. The molecule has 5 aromatic carbocycles. The molecule has 2 atom stereocenters. The highest BCUT2D eigenvalue weighted by Gasteiger charge is 2.44. The van der Waals surface area contributed by atoms with Gasteiger partial charge in [0.15, 0.2) is 5.60 Å². The van der Waals surface area contributed by atoms with Crippen molar-refractivity contribution in [1.82, 2.24) is 20.9 Å². The summed E-state index contributed by atoms with van der Waals surface area (Å²) in [5.41, 5.74) is 2.78. The summed E-state index contributed by atoms with van der Waals surface area (Å²) in [5, 5.41) is 29.1. The molecule has 0 saturated carbocycles. The molecular weight excluding hydrogens is 854 g/mol. The largest absolute Gasteiger partial charge is 0.491 e. The van der Waals surface area contributed by atoms with E-state index in [2.05, 4.69) is 16.0 Å². The molecule has 5 amide bonds. The van der Waals surface area contributed by atoms with Gasteiger partial charge in [-0.05, 0) is 58.8 Å². The number of carbonyl (C=O) groups is 6. The molecule has 3 heterocycles. The monoisotopic (exact) mass is 896 g/mol. The van der Waals surface area contributed by atoms with E-state index < -0.39 is 74.0 Å². The number of benzene rings is 5. The van der Waals surface area contributed by atoms with Gasteiger partial charge in [0.1, 0.15) is 6.17 Å². The molecule has 3 aliphatic rings. The lowest BCUT2D eigenvalue weighted by molar-refractivity contribution is -0.156. The molecule has 1 unspecified atom stereocenters. The first kappa shape index (κ1) is 45.0. The van der Waals surface area contributed by atoms with Crippen LogP contribution in [0.3, 0.4) is 0 Å². The minimum atomic E-state index is -1.60. The topological polar surface area (TPSA) is 210 Å². The highest BCUT2D eigenvalue weighted by atomic mass is 35.5. The van der Waals surface area contributed by atoms with E-state index in [0.29, 0.717) is 32.6 Å². The summed E-state index contributed by atoms with van der Waals surface area (Å²) in [6.45, 7) is 0.240. The van der Waals surface area contributed by atoms with Gasteiger partial charge in [0, 0.05) is 64.7 Å². The number of esters is 1. The Morgan fingerprint density at radius 1 is 0.723 bits per heavy atom. The maximum absolute atomic E-state index is 14.4. The number of imide groups is 1. The van der Waals surface area contributed by atoms with Crippen LogP contribution >= 0.6 is 11.6 Å². The fourth-order valence-electron chi connectivity index (χ4n) is 8.35. The lowest BCUT2D eigenvalue weighted by Gasteiger charge is -2.36. The highest BCUT2D eigenvalue weighted by molar-refractivity contribution is 6.62. The Hall–Kier alpha value is -6.62. The first-order chi connectivity index (χ1) is 31.4. The van der Waals surface area contributed by atoms with Crippen molar-refractivity contribution >= 4 is 72.3 Å². The molecule has 5 aromatic rings. The van der Waals surface area contributed by atoms with Crippen molar-refractivity contribution in [3.05, 3.63) is 165 Å². The standard InChI is InChI=1S/C47H43B2ClN4O11/c50-39-14-8-7-13-36(39)47(33-9-3-1-4-10-33,34-11-5-2-6-12-34)65-44(58)25-40(54-42(56)21-22-43(54)57)53-41(55)20-19-35(52-46(60)30-16-18-32-28-64-49(62)38(32)24-30)26-51-45(59)29-15-17-31-27-63-48(61)37(31)23-29/h1-18,23-24,35,40,61-62H,19-22,25-28H2,(H,51,59)(H,52,60)(H,53,55)/t35?,40-/m1/s1. The van der Waals surface area contributed by atoms with Crippen molar-refractivity contribution in [2.45, 2.75) is 63.1 Å². The molecular formula is C47H43B2ClN4O11. The Balaban J connectivity index is 1.02. The van der Waals surface area contributed by atoms with Crippen LogP contribution < -0.4 is 26.9 Å². The van der Waals surface area contributed by atoms with Crippen LogP contribution in [-0.4, -0.2) is 83.4 Å². The molecule has 1 saturated heterocycles. The number of carbonyl (C=O) groups excluding carboxylic acids is 6. The quantitative estimate of drug-likeness (QED) is 0.0421. The summed E-state index contributed by atoms with van der Waals surface area (Å²) in [6.07, 6.45) is -2.65. The van der Waals surface area contributed by atoms with Crippen LogP contribution in [0.2, 0.25) is 5.02 Å². The zero-order valence-corrected chi connectivity index (χ0v) is 35.7. The number of likely N-dealkylation sites (tertiary alicyclic amines) is 1. The molecule has 3 aliphatic heterocycles. The van der Waals surface area contributed by atoms with Gasteiger partial charge in [-0.25, -0.2) is 0 Å². The van der Waals surface area contributed by atoms with Crippen LogP contribution in [0.4, 0.5) is 0 Å². The van der Waals surface area contributed by atoms with Crippen LogP contribution in [0.1, 0.15) is 80.6 Å². The van der Waals surface area contributed by atoms with Gasteiger partial charge in [0.2, 0.25) is 17.7 Å². The van der Waals surface area contributed by atoms with Gasteiger partial charge < -0.3 is 40.0 Å². The third-order valence-electron chi connectivity index (χ3n) is 11.7. The zero-order chi connectivity index (χ0) is 45.7. The molecule has 0 bridgehead atoms. The SMILES string of the molecule is O=C(CCC(CNC(=O)c1ccc2c(c1)B(O)OC2)NC(=O)c1ccc2c(c1)B(O)OC2)N[C@@H](CC(=O)OC(c1ccccc1)(c1ccccc1)c1ccccc1Cl)N1C(=O)CCC1=O. The van der Waals surface area contributed by atoms with Crippen LogP contribution in [0, 0.1) is 0 Å². The minimum Gasteiger partial charge on any atom is -0.444 e. The van der Waals surface area contributed by atoms with Gasteiger partial charge in [0.25, 0.3) is 11.8 Å². The molecule has 0 spiro atoms. The Kier molecular flexibility index (Phi) is 13.6. The van der Waals surface area contributed by atoms with E-state index in [9.17, 15) is 38.8 Å². The number of hydrogen-bond donors (Lipinski definition) is 5. The number of rotatable bonds is 16. The van der Waals surface area contributed by atoms with E-state index in [0.717, 1.165) is 16.0 Å². The Morgan fingerprint density at radius 3 is 1.83 bits per heavy atom. The lowest BCUT2D eigenvalue weighted by atomic mass is 9.78. The third kappa shape index (κ3) is 9.75. The van der Waals surface area contributed by atoms with Crippen LogP contribution in [0.25, 0.3) is 0 Å². The summed E-state index contributed by atoms with van der Waals surface area (Å²) in [7, 11) is -2.37. The second kappa shape index (κ2) is 19.6. The summed E-state index contributed by atoms with van der Waals surface area (Å²) >= 11 is 6.84. The van der Waals surface area contributed by atoms with Gasteiger partial charge in [-0.2, -0.15) is 0 Å². The minimum absolute atomic E-state index is 0.0536. The molecule has 15 nitrogen and oxygen atoms in total. The van der Waals surface area contributed by atoms with Crippen molar-refractivity contribution in [3.8, 4) is 0 Å². The summed E-state index contributed by atoms with van der Waals surface area (Å²) in [5.74, 6) is -3.78. The molecule has 1 fully saturated rings. The van der Waals surface area contributed by atoms with Crippen molar-refractivity contribution in [2.75, 3.05) is 6.54 Å². The van der Waals surface area contributed by atoms with E-state index in [1.165, 1.54) is 12.1 Å². The number of ether oxygens (including phenoxy) is 1. The Morgan fingerprint density at radius 2 is 1.26 bits per heavy atom. The first-order valence-corrected chi connectivity index (χ1v) is 21.4. The molecule has 18 heteroatoms. The second-order valence-corrected chi connectivity index (χ2v) is 16.3. The van der Waals surface area contributed by atoms with E-state index >= 15 is 0 Å². The van der Waals surface area contributed by atoms with Crippen LogP contribution in [0.15, 0.2) is 121 Å². The van der Waals surface area contributed by atoms with Gasteiger partial charge in [-0.15, -0.1) is 0 Å². The summed E-state index contributed by atoms with van der Waals surface area (Å²) in [4.78, 5) is 82.6. The maximum atomic E-state index is 14.4. The molecule has 0 radical (unpaired) electrons. The lowest BCUT2D eigenvalue weighted by Crippen LogP contribution is -2.52. The molecule has 65 heavy (non-hydrogen) atoms. The van der Waals surface area contributed by atoms with Crippen molar-refractivity contribution < 1.29 is 52.9 Å². The fraction of sp³-hybridized carbons (Fsp3) is 0.234. The normalized spacial score (nSPS) is 15.3. The van der Waals surface area contributed by atoms with E-state index in [1.54, 1.807) is 97.1 Å². The molecule has 8 rings (SSSR count). The molecule has 330 valence electrons. The predicted molar refractivity (Wildman–Crippen MR) is 238 cm³/mol. The van der Waals surface area contributed by atoms with E-state index in [-0.39, 0.29) is 56.6 Å². The van der Waals surface area contributed by atoms with Gasteiger partial charge in [0.05, 0.1) is 19.6 Å². The van der Waals surface area contributed by atoms with Gasteiger partial charge >= 0.3 is 20.2 Å². The Labute approximate surface area is 379 Å². The molecule has 5 N–H and O–H groups in total. The Bertz CT molecular complexity index is 2580. The van der Waals surface area contributed by atoms with Gasteiger partial charge in [-0.1, -0.05) is 103 Å². The van der Waals surface area contributed by atoms with Gasteiger partial charge in [-0.3, -0.25) is 33.7 Å². The fourth-order valence-corrected chi connectivity index (χ4v) is 8.62. The number of amides is 5. The smallest absolute Gasteiger partial charge is 0.444 e. The van der Waals surface area contributed by atoms with E-state index in [1.807, 2.05) is 12.1 Å². The zero-order valence-electron chi connectivity index (χ0n) is 34.9. The molecule has 0 aromatic heterocycles. The van der Waals surface area contributed by atoms with Crippen molar-refractivity contribution in [3.63, 3.8) is 0 Å². The van der Waals surface area contributed by atoms with Crippen LogP contribution in [0.5, 0.6) is 0 Å². The molecule has 0 aliphatic carbocycles. The first-order valence-electron chi connectivity index (χ1n) is 21.1. The summed E-state index contributed by atoms with van der Waals surface area (Å²) < 4.78 is 17.0. The third-order valence-corrected chi connectivity index (χ3v) is 12.0. The average molecular weight is 897 g/mol. The highest BCUT2D eigenvalue weighted by Crippen LogP contribution is 2.44. The van der Waals surface area contributed by atoms with Crippen molar-refractivity contribution in [2.24, 2.45) is 0 Å². The second-order valence-electron chi connectivity index (χ2n) is 15.9. The van der Waals surface area contributed by atoms with Crippen LogP contribution in [-0.2, 0) is 52.0 Å². The number of halogens is 1. The summed E-state index contributed by atoms with van der Waals surface area (Å²) in [6, 6.07) is 33.6. The predicted octanol–water partition coefficient (Wildman–Crippen LogP) is 2.60. The van der Waals surface area contributed by atoms with Crippen molar-refractivity contribution in [1.29, 1.82) is 0 Å².